The molecule has 1 aliphatic rings. The van der Waals surface area contributed by atoms with Crippen LogP contribution in [-0.2, 0) is 4.79 Å². The van der Waals surface area contributed by atoms with Crippen LogP contribution in [0.25, 0.3) is 0 Å². The molecule has 1 unspecified atom stereocenters. The Bertz CT molecular complexity index is 389. The molecule has 0 aliphatic carbocycles. The SMILES string of the molecule is CCC(C(N)=O)N1CCN(c2ncccn2)CC1. The van der Waals surface area contributed by atoms with Gasteiger partial charge in [-0.2, -0.15) is 0 Å². The summed E-state index contributed by atoms with van der Waals surface area (Å²) in [5.74, 6) is 0.520. The average molecular weight is 249 g/mol. The summed E-state index contributed by atoms with van der Waals surface area (Å²) >= 11 is 0. The largest absolute Gasteiger partial charge is 0.368 e. The molecule has 98 valence electrons. The van der Waals surface area contributed by atoms with Gasteiger partial charge < -0.3 is 10.6 Å². The van der Waals surface area contributed by atoms with Crippen molar-refractivity contribution in [3.05, 3.63) is 18.5 Å². The Morgan fingerprint density at radius 1 is 1.33 bits per heavy atom. The molecule has 1 aromatic heterocycles. The minimum absolute atomic E-state index is 0.149. The Morgan fingerprint density at radius 3 is 2.44 bits per heavy atom. The van der Waals surface area contributed by atoms with Crippen molar-refractivity contribution in [2.45, 2.75) is 19.4 Å². The van der Waals surface area contributed by atoms with Crippen molar-refractivity contribution in [1.82, 2.24) is 14.9 Å². The van der Waals surface area contributed by atoms with E-state index in [0.717, 1.165) is 38.5 Å². The summed E-state index contributed by atoms with van der Waals surface area (Å²) in [5, 5.41) is 0. The van der Waals surface area contributed by atoms with Crippen molar-refractivity contribution in [2.75, 3.05) is 31.1 Å². The molecule has 2 rings (SSSR count). The Morgan fingerprint density at radius 2 is 1.94 bits per heavy atom. The smallest absolute Gasteiger partial charge is 0.234 e. The van der Waals surface area contributed by atoms with Crippen LogP contribution in [0.3, 0.4) is 0 Å². The monoisotopic (exact) mass is 249 g/mol. The number of nitrogens with two attached hydrogens (primary N) is 1. The predicted octanol–water partition coefficient (Wildman–Crippen LogP) is -0.137. The first-order valence-electron chi connectivity index (χ1n) is 6.27. The fraction of sp³-hybridized carbons (Fsp3) is 0.583. The second-order valence-electron chi connectivity index (χ2n) is 4.40. The number of anilines is 1. The quantitative estimate of drug-likeness (QED) is 0.804. The lowest BCUT2D eigenvalue weighted by molar-refractivity contribution is -0.123. The number of piperazine rings is 1. The van der Waals surface area contributed by atoms with Crippen LogP contribution >= 0.6 is 0 Å². The molecule has 1 saturated heterocycles. The number of carbonyl (C=O) groups is 1. The van der Waals surface area contributed by atoms with E-state index in [1.165, 1.54) is 0 Å². The second-order valence-corrected chi connectivity index (χ2v) is 4.40. The fourth-order valence-corrected chi connectivity index (χ4v) is 2.33. The molecule has 1 fully saturated rings. The Labute approximate surface area is 107 Å². The maximum absolute atomic E-state index is 11.3. The molecule has 2 N–H and O–H groups in total. The summed E-state index contributed by atoms with van der Waals surface area (Å²) in [7, 11) is 0. The number of hydrogen-bond acceptors (Lipinski definition) is 5. The number of carbonyl (C=O) groups excluding carboxylic acids is 1. The number of amides is 1. The number of rotatable bonds is 4. The molecule has 0 spiro atoms. The lowest BCUT2D eigenvalue weighted by Gasteiger charge is -2.37. The minimum atomic E-state index is -0.234. The molecular weight excluding hydrogens is 230 g/mol. The Balaban J connectivity index is 1.94. The van der Waals surface area contributed by atoms with Crippen LogP contribution in [0.15, 0.2) is 18.5 Å². The summed E-state index contributed by atoms with van der Waals surface area (Å²) in [6.07, 6.45) is 4.25. The van der Waals surface area contributed by atoms with Crippen molar-refractivity contribution in [3.8, 4) is 0 Å². The molecule has 6 heteroatoms. The van der Waals surface area contributed by atoms with Gasteiger partial charge >= 0.3 is 0 Å². The topological polar surface area (TPSA) is 75.4 Å². The molecular formula is C12H19N5O. The van der Waals surface area contributed by atoms with Crippen molar-refractivity contribution < 1.29 is 4.79 Å². The van der Waals surface area contributed by atoms with Gasteiger partial charge in [0.25, 0.3) is 0 Å². The van der Waals surface area contributed by atoms with Crippen LogP contribution in [0.2, 0.25) is 0 Å². The van der Waals surface area contributed by atoms with Crippen LogP contribution in [0.5, 0.6) is 0 Å². The molecule has 0 radical (unpaired) electrons. The van der Waals surface area contributed by atoms with Gasteiger partial charge in [0.2, 0.25) is 11.9 Å². The highest BCUT2D eigenvalue weighted by Crippen LogP contribution is 2.13. The molecule has 0 bridgehead atoms. The molecule has 1 amide bonds. The van der Waals surface area contributed by atoms with Crippen molar-refractivity contribution in [1.29, 1.82) is 0 Å². The van der Waals surface area contributed by atoms with Crippen molar-refractivity contribution in [2.24, 2.45) is 5.73 Å². The zero-order valence-corrected chi connectivity index (χ0v) is 10.6. The van der Waals surface area contributed by atoms with E-state index < -0.39 is 0 Å². The van der Waals surface area contributed by atoms with E-state index in [9.17, 15) is 4.79 Å². The number of hydrogen-bond donors (Lipinski definition) is 1. The Hall–Kier alpha value is -1.69. The predicted molar refractivity (Wildman–Crippen MR) is 69.1 cm³/mol. The van der Waals surface area contributed by atoms with E-state index in [0.29, 0.717) is 0 Å². The highest BCUT2D eigenvalue weighted by molar-refractivity contribution is 5.79. The van der Waals surface area contributed by atoms with E-state index in [1.807, 2.05) is 6.92 Å². The molecule has 2 heterocycles. The van der Waals surface area contributed by atoms with Crippen LogP contribution in [-0.4, -0.2) is 53.0 Å². The first kappa shape index (κ1) is 12.8. The minimum Gasteiger partial charge on any atom is -0.368 e. The van der Waals surface area contributed by atoms with Crippen LogP contribution in [0.4, 0.5) is 5.95 Å². The standard InChI is InChI=1S/C12H19N5O/c1-2-10(11(13)18)16-6-8-17(9-7-16)12-14-4-3-5-15-12/h3-5,10H,2,6-9H2,1H3,(H2,13,18). The number of primary amides is 1. The van der Waals surface area contributed by atoms with Gasteiger partial charge in [-0.1, -0.05) is 6.92 Å². The van der Waals surface area contributed by atoms with Crippen molar-refractivity contribution >= 4 is 11.9 Å². The van der Waals surface area contributed by atoms with Gasteiger partial charge in [-0.05, 0) is 12.5 Å². The van der Waals surface area contributed by atoms with Crippen LogP contribution < -0.4 is 10.6 Å². The zero-order chi connectivity index (χ0) is 13.0. The average Bonchev–Trinajstić information content (AvgIpc) is 2.41. The van der Waals surface area contributed by atoms with Crippen molar-refractivity contribution in [3.63, 3.8) is 0 Å². The first-order valence-corrected chi connectivity index (χ1v) is 6.27. The maximum Gasteiger partial charge on any atom is 0.234 e. The number of nitrogens with zero attached hydrogens (tertiary/aromatic N) is 4. The van der Waals surface area contributed by atoms with E-state index in [-0.39, 0.29) is 11.9 Å². The van der Waals surface area contributed by atoms with Gasteiger partial charge in [-0.25, -0.2) is 9.97 Å². The lowest BCUT2D eigenvalue weighted by Crippen LogP contribution is -2.54. The van der Waals surface area contributed by atoms with Crippen LogP contribution in [0.1, 0.15) is 13.3 Å². The first-order chi connectivity index (χ1) is 8.72. The highest BCUT2D eigenvalue weighted by Gasteiger charge is 2.26. The molecule has 0 aromatic carbocycles. The summed E-state index contributed by atoms with van der Waals surface area (Å²) in [6.45, 7) is 5.28. The highest BCUT2D eigenvalue weighted by atomic mass is 16.1. The normalized spacial score (nSPS) is 18.6. The molecule has 6 nitrogen and oxygen atoms in total. The Kier molecular flexibility index (Phi) is 4.09. The van der Waals surface area contributed by atoms with Gasteiger partial charge in [-0.3, -0.25) is 9.69 Å². The maximum atomic E-state index is 11.3. The number of aromatic nitrogens is 2. The third kappa shape index (κ3) is 2.76. The second kappa shape index (κ2) is 5.77. The summed E-state index contributed by atoms with van der Waals surface area (Å²) in [4.78, 5) is 24.1. The lowest BCUT2D eigenvalue weighted by atomic mass is 10.1. The van der Waals surface area contributed by atoms with E-state index in [4.69, 9.17) is 5.73 Å². The van der Waals surface area contributed by atoms with E-state index in [1.54, 1.807) is 18.5 Å². The fourth-order valence-electron chi connectivity index (χ4n) is 2.33. The van der Waals surface area contributed by atoms with Gasteiger partial charge in [0.15, 0.2) is 0 Å². The summed E-state index contributed by atoms with van der Waals surface area (Å²) in [5.41, 5.74) is 5.40. The molecule has 18 heavy (non-hydrogen) atoms. The molecule has 1 atom stereocenters. The van der Waals surface area contributed by atoms with E-state index >= 15 is 0 Å². The zero-order valence-electron chi connectivity index (χ0n) is 10.6. The van der Waals surface area contributed by atoms with E-state index in [2.05, 4.69) is 19.8 Å². The van der Waals surface area contributed by atoms with Gasteiger partial charge in [0.1, 0.15) is 0 Å². The van der Waals surface area contributed by atoms with Gasteiger partial charge in [0, 0.05) is 38.6 Å². The van der Waals surface area contributed by atoms with Gasteiger partial charge in [-0.15, -0.1) is 0 Å². The molecule has 0 saturated carbocycles. The molecule has 1 aliphatic heterocycles. The van der Waals surface area contributed by atoms with Gasteiger partial charge in [0.05, 0.1) is 6.04 Å². The summed E-state index contributed by atoms with van der Waals surface area (Å²) in [6, 6.07) is 1.66. The van der Waals surface area contributed by atoms with Crippen LogP contribution in [0, 0.1) is 0 Å². The molecule has 1 aromatic rings. The third-order valence-electron chi connectivity index (χ3n) is 3.31. The third-order valence-corrected chi connectivity index (χ3v) is 3.31. The summed E-state index contributed by atoms with van der Waals surface area (Å²) < 4.78 is 0.